The maximum Gasteiger partial charge on any atom is 0.312 e. The third-order valence-corrected chi connectivity index (χ3v) is 4.26. The molecule has 0 saturated heterocycles. The number of carbonyl (C=O) groups excluding carboxylic acids is 1. The Labute approximate surface area is 155 Å². The molecule has 2 aromatic rings. The number of thioether (sulfide) groups is 1. The van der Waals surface area contributed by atoms with E-state index in [2.05, 4.69) is 23.3 Å². The molecule has 130 valence electrons. The predicted octanol–water partition coefficient (Wildman–Crippen LogP) is 5.33. The van der Waals surface area contributed by atoms with Crippen LogP contribution < -0.4 is 0 Å². The van der Waals surface area contributed by atoms with Crippen molar-refractivity contribution in [2.24, 2.45) is 5.41 Å². The van der Waals surface area contributed by atoms with Gasteiger partial charge in [0.25, 0.3) is 0 Å². The number of esters is 1. The minimum absolute atomic E-state index is 0.218. The van der Waals surface area contributed by atoms with E-state index in [1.165, 1.54) is 17.3 Å². The third kappa shape index (κ3) is 7.07. The molecular formula is C22H24O2S. The quantitative estimate of drug-likeness (QED) is 0.413. The molecular weight excluding hydrogens is 328 g/mol. The van der Waals surface area contributed by atoms with Gasteiger partial charge in [-0.25, -0.2) is 0 Å². The van der Waals surface area contributed by atoms with E-state index < -0.39 is 11.5 Å². The van der Waals surface area contributed by atoms with Crippen molar-refractivity contribution >= 4 is 17.7 Å². The Balaban J connectivity index is 2.02. The summed E-state index contributed by atoms with van der Waals surface area (Å²) in [6.45, 7) is 5.57. The molecule has 1 unspecified atom stereocenters. The van der Waals surface area contributed by atoms with Crippen LogP contribution in [0.5, 0.6) is 0 Å². The average Bonchev–Trinajstić information content (AvgIpc) is 2.60. The van der Waals surface area contributed by atoms with Crippen LogP contribution in [-0.4, -0.2) is 12.1 Å². The second-order valence-corrected chi connectivity index (χ2v) is 7.71. The number of aryl methyl sites for hydroxylation is 1. The minimum Gasteiger partial charge on any atom is -0.449 e. The Bertz CT molecular complexity index is 721. The molecule has 0 aliphatic rings. The average molecular weight is 352 g/mol. The lowest BCUT2D eigenvalue weighted by Gasteiger charge is -2.20. The Morgan fingerprint density at radius 2 is 1.64 bits per heavy atom. The number of ether oxygens (including phenoxy) is 1. The highest BCUT2D eigenvalue weighted by Crippen LogP contribution is 2.19. The van der Waals surface area contributed by atoms with Gasteiger partial charge in [-0.3, -0.25) is 4.79 Å². The number of rotatable bonds is 5. The van der Waals surface area contributed by atoms with Crippen LogP contribution in [0.25, 0.3) is 0 Å². The van der Waals surface area contributed by atoms with E-state index in [9.17, 15) is 4.79 Å². The number of hydrogen-bond donors (Lipinski definition) is 0. The van der Waals surface area contributed by atoms with Gasteiger partial charge in [0.05, 0.1) is 5.41 Å². The van der Waals surface area contributed by atoms with Gasteiger partial charge < -0.3 is 4.74 Å². The van der Waals surface area contributed by atoms with E-state index in [4.69, 9.17) is 4.74 Å². The Morgan fingerprint density at radius 3 is 2.24 bits per heavy atom. The predicted molar refractivity (Wildman–Crippen MR) is 104 cm³/mol. The summed E-state index contributed by atoms with van der Waals surface area (Å²) in [5.41, 5.74) is 0.691. The van der Waals surface area contributed by atoms with E-state index in [1.54, 1.807) is 0 Å². The molecule has 2 rings (SSSR count). The fourth-order valence-electron chi connectivity index (χ4n) is 2.05. The summed E-state index contributed by atoms with van der Waals surface area (Å²) in [5.74, 6) is 2.89. The third-order valence-electron chi connectivity index (χ3n) is 3.53. The van der Waals surface area contributed by atoms with E-state index >= 15 is 0 Å². The van der Waals surface area contributed by atoms with Crippen molar-refractivity contribution in [1.82, 2.24) is 0 Å². The smallest absolute Gasteiger partial charge is 0.312 e. The van der Waals surface area contributed by atoms with Gasteiger partial charge in [0.15, 0.2) is 6.10 Å². The molecule has 0 aromatic heterocycles. The lowest BCUT2D eigenvalue weighted by atomic mass is 9.97. The van der Waals surface area contributed by atoms with Crippen molar-refractivity contribution in [3.05, 3.63) is 66.2 Å². The van der Waals surface area contributed by atoms with Gasteiger partial charge in [0, 0.05) is 4.90 Å². The number of carbonyl (C=O) groups is 1. The second kappa shape index (κ2) is 9.34. The van der Waals surface area contributed by atoms with Crippen molar-refractivity contribution in [3.8, 4) is 11.2 Å². The summed E-state index contributed by atoms with van der Waals surface area (Å²) in [6, 6.07) is 20.2. The van der Waals surface area contributed by atoms with Gasteiger partial charge in [-0.1, -0.05) is 48.5 Å². The van der Waals surface area contributed by atoms with Crippen LogP contribution in [0, 0.1) is 16.6 Å². The van der Waals surface area contributed by atoms with Crippen molar-refractivity contribution < 1.29 is 9.53 Å². The van der Waals surface area contributed by atoms with Crippen molar-refractivity contribution in [2.45, 2.75) is 44.6 Å². The van der Waals surface area contributed by atoms with Gasteiger partial charge in [-0.05, 0) is 74.2 Å². The normalized spacial score (nSPS) is 12.0. The SMILES string of the molecule is CC(C)(C)C(=O)OC(C#CSc1ccccc1)CCc1ccccc1. The lowest BCUT2D eigenvalue weighted by Crippen LogP contribution is -2.28. The molecule has 0 N–H and O–H groups in total. The first-order valence-corrected chi connectivity index (χ1v) is 9.24. The van der Waals surface area contributed by atoms with Crippen molar-refractivity contribution in [3.63, 3.8) is 0 Å². The van der Waals surface area contributed by atoms with Crippen LogP contribution in [-0.2, 0) is 16.0 Å². The zero-order chi connectivity index (χ0) is 18.1. The number of hydrogen-bond acceptors (Lipinski definition) is 3. The Kier molecular flexibility index (Phi) is 7.16. The number of benzene rings is 2. The summed E-state index contributed by atoms with van der Waals surface area (Å²) in [6.07, 6.45) is 1.12. The molecule has 0 fully saturated rings. The molecule has 25 heavy (non-hydrogen) atoms. The van der Waals surface area contributed by atoms with Gasteiger partial charge in [0.2, 0.25) is 0 Å². The highest BCUT2D eigenvalue weighted by atomic mass is 32.2. The lowest BCUT2D eigenvalue weighted by molar-refractivity contribution is -0.156. The maximum absolute atomic E-state index is 12.2. The fraction of sp³-hybridized carbons (Fsp3) is 0.318. The molecule has 0 amide bonds. The minimum atomic E-state index is -0.529. The molecule has 0 aliphatic carbocycles. The van der Waals surface area contributed by atoms with Gasteiger partial charge in [-0.2, -0.15) is 0 Å². The first kappa shape index (κ1) is 19.1. The van der Waals surface area contributed by atoms with E-state index in [-0.39, 0.29) is 5.97 Å². The van der Waals surface area contributed by atoms with Crippen LogP contribution in [0.15, 0.2) is 65.6 Å². The molecule has 0 aliphatic heterocycles. The standard InChI is InChI=1S/C22H24O2S/c1-22(2,3)21(23)24-19(15-14-18-10-6-4-7-11-18)16-17-25-20-12-8-5-9-13-20/h4-13,19H,14-15H2,1-3H3. The van der Waals surface area contributed by atoms with E-state index in [0.29, 0.717) is 6.42 Å². The summed E-state index contributed by atoms with van der Waals surface area (Å²) in [7, 11) is 0. The fourth-order valence-corrected chi connectivity index (χ4v) is 2.65. The monoisotopic (exact) mass is 352 g/mol. The molecule has 3 heteroatoms. The van der Waals surface area contributed by atoms with Crippen LogP contribution in [0.3, 0.4) is 0 Å². The molecule has 0 radical (unpaired) electrons. The van der Waals surface area contributed by atoms with Gasteiger partial charge >= 0.3 is 5.97 Å². The highest BCUT2D eigenvalue weighted by molar-refractivity contribution is 8.03. The molecule has 2 aromatic carbocycles. The summed E-state index contributed by atoms with van der Waals surface area (Å²) in [4.78, 5) is 13.3. The zero-order valence-corrected chi connectivity index (χ0v) is 15.8. The zero-order valence-electron chi connectivity index (χ0n) is 15.0. The molecule has 0 heterocycles. The Morgan fingerprint density at radius 1 is 1.04 bits per heavy atom. The first-order valence-electron chi connectivity index (χ1n) is 8.42. The second-order valence-electron chi connectivity index (χ2n) is 6.83. The Hall–Kier alpha value is -2.18. The van der Waals surface area contributed by atoms with Crippen molar-refractivity contribution in [1.29, 1.82) is 0 Å². The molecule has 0 spiro atoms. The van der Waals surface area contributed by atoms with Crippen LogP contribution >= 0.6 is 11.8 Å². The topological polar surface area (TPSA) is 26.3 Å². The largest absolute Gasteiger partial charge is 0.449 e. The molecule has 0 saturated carbocycles. The van der Waals surface area contributed by atoms with E-state index in [1.807, 2.05) is 69.3 Å². The van der Waals surface area contributed by atoms with Gasteiger partial charge in [-0.15, -0.1) is 0 Å². The molecule has 1 atom stereocenters. The maximum atomic E-state index is 12.2. The van der Waals surface area contributed by atoms with Crippen LogP contribution in [0.1, 0.15) is 32.8 Å². The van der Waals surface area contributed by atoms with Crippen LogP contribution in [0.2, 0.25) is 0 Å². The van der Waals surface area contributed by atoms with Gasteiger partial charge in [0.1, 0.15) is 0 Å². The van der Waals surface area contributed by atoms with Crippen molar-refractivity contribution in [2.75, 3.05) is 0 Å². The van der Waals surface area contributed by atoms with E-state index in [0.717, 1.165) is 11.3 Å². The molecule has 2 nitrogen and oxygen atoms in total. The summed E-state index contributed by atoms with van der Waals surface area (Å²) < 4.78 is 5.65. The summed E-state index contributed by atoms with van der Waals surface area (Å²) >= 11 is 1.45. The van der Waals surface area contributed by atoms with Crippen LogP contribution in [0.4, 0.5) is 0 Å². The first-order chi connectivity index (χ1) is 11.9. The molecule has 0 bridgehead atoms. The summed E-state index contributed by atoms with van der Waals surface area (Å²) in [5, 5.41) is 3.08. The highest BCUT2D eigenvalue weighted by Gasteiger charge is 2.25.